The number of pyridine rings is 1. The number of imidazole rings is 1. The minimum atomic E-state index is -0.309. The number of hydrogen-bond donors (Lipinski definition) is 1. The summed E-state index contributed by atoms with van der Waals surface area (Å²) in [6.45, 7) is 0.291. The van der Waals surface area contributed by atoms with Gasteiger partial charge in [-0.15, -0.1) is 11.3 Å². The van der Waals surface area contributed by atoms with Gasteiger partial charge in [0.15, 0.2) is 11.5 Å². The van der Waals surface area contributed by atoms with Crippen LogP contribution in [-0.2, 0) is 6.54 Å². The van der Waals surface area contributed by atoms with E-state index in [1.54, 1.807) is 18.3 Å². The predicted molar refractivity (Wildman–Crippen MR) is 91.2 cm³/mol. The lowest BCUT2D eigenvalue weighted by Crippen LogP contribution is -2.23. The first-order valence-electron chi connectivity index (χ1n) is 7.11. The van der Waals surface area contributed by atoms with E-state index in [0.29, 0.717) is 17.3 Å². The summed E-state index contributed by atoms with van der Waals surface area (Å²) < 4.78 is 7.02. The Bertz CT molecular complexity index is 1010. The minimum Gasteiger partial charge on any atom is -0.355 e. The molecule has 0 atom stereocenters. The van der Waals surface area contributed by atoms with Gasteiger partial charge in [0.25, 0.3) is 5.91 Å². The Labute approximate surface area is 145 Å². The lowest BCUT2D eigenvalue weighted by molar-refractivity contribution is 0.0941. The van der Waals surface area contributed by atoms with Gasteiger partial charge in [0.05, 0.1) is 22.1 Å². The summed E-state index contributed by atoms with van der Waals surface area (Å²) in [5.41, 5.74) is 1.74. The molecule has 0 aliphatic carbocycles. The van der Waals surface area contributed by atoms with Gasteiger partial charge in [-0.2, -0.15) is 0 Å². The van der Waals surface area contributed by atoms with Crippen LogP contribution in [0.1, 0.15) is 16.2 Å². The van der Waals surface area contributed by atoms with Crippen LogP contribution in [0.4, 0.5) is 0 Å². The number of nitrogens with one attached hydrogen (secondary N) is 1. The van der Waals surface area contributed by atoms with Gasteiger partial charge in [-0.1, -0.05) is 22.8 Å². The number of rotatable bonds is 4. The average Bonchev–Trinajstić information content (AvgIpc) is 3.30. The third-order valence-electron chi connectivity index (χ3n) is 3.40. The van der Waals surface area contributed by atoms with Gasteiger partial charge in [0, 0.05) is 18.5 Å². The van der Waals surface area contributed by atoms with E-state index in [4.69, 9.17) is 16.1 Å². The highest BCUT2D eigenvalue weighted by atomic mass is 35.5. The van der Waals surface area contributed by atoms with Crippen molar-refractivity contribution in [1.29, 1.82) is 0 Å². The Kier molecular flexibility index (Phi) is 3.79. The van der Waals surface area contributed by atoms with Gasteiger partial charge in [0.1, 0.15) is 5.65 Å². The van der Waals surface area contributed by atoms with Crippen molar-refractivity contribution in [3.05, 3.63) is 64.5 Å². The van der Waals surface area contributed by atoms with Crippen LogP contribution in [0.2, 0.25) is 5.02 Å². The standard InChI is InChI=1S/C16H11ClN4O2S/c17-10-3-4-15-19-11(9-21(15)8-10)7-18-16(22)12-6-13(23-20-12)14-2-1-5-24-14/h1-6,8-9H,7H2,(H,18,22). The van der Waals surface area contributed by atoms with Crippen LogP contribution in [0.25, 0.3) is 16.3 Å². The molecule has 1 amide bonds. The SMILES string of the molecule is O=C(NCc1cn2cc(Cl)ccc2n1)c1cc(-c2cccs2)on1. The zero-order chi connectivity index (χ0) is 16.5. The van der Waals surface area contributed by atoms with Gasteiger partial charge in [-0.3, -0.25) is 4.79 Å². The van der Waals surface area contributed by atoms with E-state index in [1.165, 1.54) is 11.3 Å². The number of nitrogens with zero attached hydrogens (tertiary/aromatic N) is 3. The maximum Gasteiger partial charge on any atom is 0.273 e. The monoisotopic (exact) mass is 358 g/mol. The van der Waals surface area contributed by atoms with Crippen LogP contribution in [0.3, 0.4) is 0 Å². The first-order valence-corrected chi connectivity index (χ1v) is 8.37. The maximum atomic E-state index is 12.2. The van der Waals surface area contributed by atoms with Gasteiger partial charge >= 0.3 is 0 Å². The molecular weight excluding hydrogens is 348 g/mol. The molecule has 4 aromatic rings. The van der Waals surface area contributed by atoms with Crippen LogP contribution >= 0.6 is 22.9 Å². The Morgan fingerprint density at radius 2 is 2.25 bits per heavy atom. The van der Waals surface area contributed by atoms with E-state index >= 15 is 0 Å². The van der Waals surface area contributed by atoms with Crippen molar-refractivity contribution in [1.82, 2.24) is 19.9 Å². The second-order valence-electron chi connectivity index (χ2n) is 5.08. The Morgan fingerprint density at radius 3 is 3.08 bits per heavy atom. The van der Waals surface area contributed by atoms with Gasteiger partial charge < -0.3 is 14.2 Å². The number of fused-ring (bicyclic) bond motifs is 1. The molecular formula is C16H11ClN4O2S. The minimum absolute atomic E-state index is 0.241. The lowest BCUT2D eigenvalue weighted by atomic mass is 10.3. The summed E-state index contributed by atoms with van der Waals surface area (Å²) in [7, 11) is 0. The summed E-state index contributed by atoms with van der Waals surface area (Å²) in [6.07, 6.45) is 3.58. The van der Waals surface area contributed by atoms with Crippen molar-refractivity contribution in [3.63, 3.8) is 0 Å². The molecule has 6 nitrogen and oxygen atoms in total. The number of thiophene rings is 1. The normalized spacial score (nSPS) is 11.0. The highest BCUT2D eigenvalue weighted by molar-refractivity contribution is 7.13. The molecule has 4 aromatic heterocycles. The molecule has 0 aliphatic rings. The molecule has 0 saturated heterocycles. The van der Waals surface area contributed by atoms with E-state index in [9.17, 15) is 4.79 Å². The second-order valence-corrected chi connectivity index (χ2v) is 6.47. The molecule has 120 valence electrons. The largest absolute Gasteiger partial charge is 0.355 e. The van der Waals surface area contributed by atoms with E-state index in [0.717, 1.165) is 16.2 Å². The van der Waals surface area contributed by atoms with E-state index < -0.39 is 0 Å². The highest BCUT2D eigenvalue weighted by Crippen LogP contribution is 2.25. The quantitative estimate of drug-likeness (QED) is 0.604. The number of hydrogen-bond acceptors (Lipinski definition) is 5. The van der Waals surface area contributed by atoms with Crippen LogP contribution in [-0.4, -0.2) is 20.4 Å². The molecule has 0 saturated carbocycles. The fraction of sp³-hybridized carbons (Fsp3) is 0.0625. The number of carbonyl (C=O) groups excluding carboxylic acids is 1. The predicted octanol–water partition coefficient (Wildman–Crippen LogP) is 3.63. The zero-order valence-corrected chi connectivity index (χ0v) is 13.8. The molecule has 0 unspecified atom stereocenters. The van der Waals surface area contributed by atoms with Crippen molar-refractivity contribution >= 4 is 34.5 Å². The molecule has 8 heteroatoms. The molecule has 4 heterocycles. The third kappa shape index (κ3) is 2.91. The third-order valence-corrected chi connectivity index (χ3v) is 4.51. The van der Waals surface area contributed by atoms with E-state index in [-0.39, 0.29) is 11.6 Å². The number of aromatic nitrogens is 3. The van der Waals surface area contributed by atoms with Crippen molar-refractivity contribution in [2.45, 2.75) is 6.54 Å². The Hall–Kier alpha value is -2.64. The molecule has 24 heavy (non-hydrogen) atoms. The van der Waals surface area contributed by atoms with E-state index in [1.807, 2.05) is 34.2 Å². The molecule has 0 fully saturated rings. The molecule has 0 radical (unpaired) electrons. The molecule has 0 aromatic carbocycles. The lowest BCUT2D eigenvalue weighted by Gasteiger charge is -1.98. The Morgan fingerprint density at radius 1 is 1.33 bits per heavy atom. The summed E-state index contributed by atoms with van der Waals surface area (Å²) in [5, 5.41) is 9.16. The van der Waals surface area contributed by atoms with E-state index in [2.05, 4.69) is 15.5 Å². The smallest absolute Gasteiger partial charge is 0.273 e. The van der Waals surface area contributed by atoms with Gasteiger partial charge in [0.2, 0.25) is 0 Å². The topological polar surface area (TPSA) is 72.4 Å². The van der Waals surface area contributed by atoms with Crippen molar-refractivity contribution in [3.8, 4) is 10.6 Å². The van der Waals surface area contributed by atoms with Crippen LogP contribution in [0.15, 0.2) is 52.6 Å². The molecule has 0 spiro atoms. The van der Waals surface area contributed by atoms with Crippen LogP contribution < -0.4 is 5.32 Å². The summed E-state index contributed by atoms with van der Waals surface area (Å²) in [6, 6.07) is 9.05. The molecule has 0 aliphatic heterocycles. The van der Waals surface area contributed by atoms with Gasteiger partial charge in [-0.25, -0.2) is 4.98 Å². The number of amides is 1. The summed E-state index contributed by atoms with van der Waals surface area (Å²) in [4.78, 5) is 17.5. The maximum absolute atomic E-state index is 12.2. The first-order chi connectivity index (χ1) is 11.7. The van der Waals surface area contributed by atoms with Crippen molar-refractivity contribution in [2.75, 3.05) is 0 Å². The first kappa shape index (κ1) is 14.9. The zero-order valence-electron chi connectivity index (χ0n) is 12.3. The van der Waals surface area contributed by atoms with Gasteiger partial charge in [-0.05, 0) is 23.6 Å². The molecule has 1 N–H and O–H groups in total. The van der Waals surface area contributed by atoms with Crippen LogP contribution in [0, 0.1) is 0 Å². The molecule has 4 rings (SSSR count). The van der Waals surface area contributed by atoms with Crippen molar-refractivity contribution < 1.29 is 9.32 Å². The number of halogens is 1. The Balaban J connectivity index is 1.46. The molecule has 0 bridgehead atoms. The highest BCUT2D eigenvalue weighted by Gasteiger charge is 2.14. The van der Waals surface area contributed by atoms with Crippen LogP contribution in [0.5, 0.6) is 0 Å². The van der Waals surface area contributed by atoms with Crippen molar-refractivity contribution in [2.24, 2.45) is 0 Å². The fourth-order valence-corrected chi connectivity index (χ4v) is 3.12. The second kappa shape index (κ2) is 6.10. The summed E-state index contributed by atoms with van der Waals surface area (Å²) >= 11 is 7.47. The fourth-order valence-electron chi connectivity index (χ4n) is 2.28. The average molecular weight is 359 g/mol. The summed E-state index contributed by atoms with van der Waals surface area (Å²) in [5.74, 6) is 0.272. The number of carbonyl (C=O) groups is 1.